The molecule has 2 aromatic carbocycles. The summed E-state index contributed by atoms with van der Waals surface area (Å²) in [5, 5.41) is 6.08. The molecule has 0 aliphatic carbocycles. The number of aromatic nitrogens is 2. The number of alkyl halides is 3. The van der Waals surface area contributed by atoms with Gasteiger partial charge in [0.25, 0.3) is 0 Å². The van der Waals surface area contributed by atoms with Crippen molar-refractivity contribution in [3.05, 3.63) is 71.4 Å². The van der Waals surface area contributed by atoms with E-state index in [-0.39, 0.29) is 11.8 Å². The zero-order valence-corrected chi connectivity index (χ0v) is 13.4. The van der Waals surface area contributed by atoms with Crippen molar-refractivity contribution >= 4 is 34.7 Å². The molecule has 0 saturated heterocycles. The maximum absolute atomic E-state index is 13.2. The van der Waals surface area contributed by atoms with Crippen LogP contribution in [0, 0.1) is 0 Å². The number of rotatable bonds is 4. The predicted molar refractivity (Wildman–Crippen MR) is 91.5 cm³/mol. The Balaban J connectivity index is 1.93. The Kier molecular flexibility index (Phi) is 4.76. The minimum Gasteiger partial charge on any atom is -0.340 e. The minimum absolute atomic E-state index is 0.0359. The Labute approximate surface area is 146 Å². The lowest BCUT2D eigenvalue weighted by Gasteiger charge is -2.15. The molecule has 0 unspecified atom stereocenters. The van der Waals surface area contributed by atoms with Crippen LogP contribution in [0.5, 0.6) is 0 Å². The third-order valence-electron chi connectivity index (χ3n) is 3.23. The van der Waals surface area contributed by atoms with Crippen LogP contribution >= 0.6 is 11.6 Å². The van der Waals surface area contributed by atoms with Crippen molar-refractivity contribution in [3.63, 3.8) is 0 Å². The van der Waals surface area contributed by atoms with Crippen molar-refractivity contribution < 1.29 is 13.2 Å². The first kappa shape index (κ1) is 17.0. The van der Waals surface area contributed by atoms with Crippen LogP contribution < -0.4 is 10.6 Å². The number of benzene rings is 2. The fraction of sp³-hybridized carbons (Fsp3) is 0.0588. The second-order valence-electron chi connectivity index (χ2n) is 5.08. The van der Waals surface area contributed by atoms with E-state index < -0.39 is 11.7 Å². The summed E-state index contributed by atoms with van der Waals surface area (Å²) in [6.45, 7) is 0. The molecule has 0 radical (unpaired) electrons. The number of nitrogens with zero attached hydrogens (tertiary/aromatic N) is 2. The van der Waals surface area contributed by atoms with Crippen molar-refractivity contribution in [1.29, 1.82) is 0 Å². The lowest BCUT2D eigenvalue weighted by Crippen LogP contribution is -2.12. The van der Waals surface area contributed by atoms with Crippen molar-refractivity contribution in [2.75, 3.05) is 10.6 Å². The van der Waals surface area contributed by atoms with Gasteiger partial charge in [-0.1, -0.05) is 29.8 Å². The van der Waals surface area contributed by atoms with Gasteiger partial charge in [0.05, 0.1) is 0 Å². The fourth-order valence-electron chi connectivity index (χ4n) is 2.07. The highest BCUT2D eigenvalue weighted by atomic mass is 35.5. The van der Waals surface area contributed by atoms with E-state index in [0.29, 0.717) is 16.4 Å². The molecule has 2 N–H and O–H groups in total. The van der Waals surface area contributed by atoms with Gasteiger partial charge in [-0.15, -0.1) is 0 Å². The molecule has 128 valence electrons. The van der Waals surface area contributed by atoms with Gasteiger partial charge in [0.2, 0.25) is 5.95 Å². The molecule has 0 amide bonds. The second-order valence-corrected chi connectivity index (χ2v) is 5.51. The third kappa shape index (κ3) is 4.39. The van der Waals surface area contributed by atoms with Crippen LogP contribution in [0.15, 0.2) is 60.8 Å². The van der Waals surface area contributed by atoms with Crippen LogP contribution in [0.4, 0.5) is 36.3 Å². The van der Waals surface area contributed by atoms with Gasteiger partial charge in [0.1, 0.15) is 11.4 Å². The van der Waals surface area contributed by atoms with Crippen LogP contribution in [0.3, 0.4) is 0 Å². The van der Waals surface area contributed by atoms with Crippen molar-refractivity contribution in [2.45, 2.75) is 6.18 Å². The van der Waals surface area contributed by atoms with E-state index in [1.807, 2.05) is 0 Å². The van der Waals surface area contributed by atoms with E-state index in [1.54, 1.807) is 54.6 Å². The quantitative estimate of drug-likeness (QED) is 0.629. The molecule has 3 rings (SSSR count). The molecule has 0 aliphatic rings. The number of anilines is 4. The molecule has 0 saturated carbocycles. The highest BCUT2D eigenvalue weighted by Gasteiger charge is 2.35. The number of nitrogens with one attached hydrogen (secondary N) is 2. The maximum Gasteiger partial charge on any atom is 0.421 e. The first-order chi connectivity index (χ1) is 11.9. The van der Waals surface area contributed by atoms with E-state index in [0.717, 1.165) is 6.20 Å². The fourth-order valence-corrected chi connectivity index (χ4v) is 2.19. The normalized spacial score (nSPS) is 11.2. The van der Waals surface area contributed by atoms with Crippen LogP contribution in [-0.2, 0) is 6.18 Å². The van der Waals surface area contributed by atoms with Crippen LogP contribution in [-0.4, -0.2) is 9.97 Å². The zero-order valence-electron chi connectivity index (χ0n) is 12.7. The maximum atomic E-state index is 13.2. The summed E-state index contributed by atoms with van der Waals surface area (Å²) in [7, 11) is 0. The van der Waals surface area contributed by atoms with Crippen molar-refractivity contribution in [2.24, 2.45) is 0 Å². The molecule has 0 spiro atoms. The van der Waals surface area contributed by atoms with Crippen LogP contribution in [0.1, 0.15) is 5.56 Å². The first-order valence-electron chi connectivity index (χ1n) is 7.21. The standard InChI is InChI=1S/C17H12ClF3N4/c18-11-6-8-13(9-7-11)24-16-22-10-14(17(19,20)21)15(25-16)23-12-4-2-1-3-5-12/h1-10H,(H2,22,23,24,25). The van der Waals surface area contributed by atoms with E-state index in [2.05, 4.69) is 20.6 Å². The molecule has 0 fully saturated rings. The Morgan fingerprint density at radius 1 is 0.840 bits per heavy atom. The van der Waals surface area contributed by atoms with Crippen molar-refractivity contribution in [3.8, 4) is 0 Å². The zero-order chi connectivity index (χ0) is 17.9. The topological polar surface area (TPSA) is 49.8 Å². The second kappa shape index (κ2) is 6.98. The Bertz CT molecular complexity index is 852. The average Bonchev–Trinajstić information content (AvgIpc) is 2.57. The summed E-state index contributed by atoms with van der Waals surface area (Å²) in [5.74, 6) is -0.293. The lowest BCUT2D eigenvalue weighted by atomic mass is 10.2. The van der Waals surface area contributed by atoms with Crippen LogP contribution in [0.25, 0.3) is 0 Å². The van der Waals surface area contributed by atoms with Gasteiger partial charge in [-0.2, -0.15) is 18.2 Å². The van der Waals surface area contributed by atoms with E-state index in [4.69, 9.17) is 11.6 Å². The summed E-state index contributed by atoms with van der Waals surface area (Å²) in [4.78, 5) is 7.72. The summed E-state index contributed by atoms with van der Waals surface area (Å²) in [6.07, 6.45) is -3.83. The number of para-hydroxylation sites is 1. The average molecular weight is 365 g/mol. The monoisotopic (exact) mass is 364 g/mol. The molecular weight excluding hydrogens is 353 g/mol. The SMILES string of the molecule is FC(F)(F)c1cnc(Nc2ccc(Cl)cc2)nc1Nc1ccccc1. The summed E-state index contributed by atoms with van der Waals surface area (Å²) >= 11 is 5.81. The highest BCUT2D eigenvalue weighted by molar-refractivity contribution is 6.30. The van der Waals surface area contributed by atoms with Gasteiger partial charge in [-0.25, -0.2) is 4.98 Å². The molecule has 0 bridgehead atoms. The molecule has 1 aromatic heterocycles. The summed E-state index contributed by atoms with van der Waals surface area (Å²) in [5.41, 5.74) is 0.150. The number of hydrogen-bond acceptors (Lipinski definition) is 4. The van der Waals surface area contributed by atoms with E-state index >= 15 is 0 Å². The smallest absolute Gasteiger partial charge is 0.340 e. The number of hydrogen-bond donors (Lipinski definition) is 2. The van der Waals surface area contributed by atoms with Gasteiger partial charge in [0.15, 0.2) is 0 Å². The lowest BCUT2D eigenvalue weighted by molar-refractivity contribution is -0.137. The van der Waals surface area contributed by atoms with Gasteiger partial charge >= 0.3 is 6.18 Å². The van der Waals surface area contributed by atoms with E-state index in [9.17, 15) is 13.2 Å². The Hall–Kier alpha value is -2.80. The van der Waals surface area contributed by atoms with Gasteiger partial charge in [-0.3, -0.25) is 0 Å². The van der Waals surface area contributed by atoms with Gasteiger partial charge in [0, 0.05) is 22.6 Å². The van der Waals surface area contributed by atoms with Crippen LogP contribution in [0.2, 0.25) is 5.02 Å². The molecule has 0 aliphatic heterocycles. The number of halogens is 4. The molecule has 8 heteroatoms. The molecule has 4 nitrogen and oxygen atoms in total. The predicted octanol–water partition coefficient (Wildman–Crippen LogP) is 5.64. The Morgan fingerprint density at radius 2 is 1.48 bits per heavy atom. The summed E-state index contributed by atoms with van der Waals surface area (Å²) in [6, 6.07) is 15.1. The molecule has 0 atom stereocenters. The van der Waals surface area contributed by atoms with Gasteiger partial charge in [-0.05, 0) is 36.4 Å². The summed E-state index contributed by atoms with van der Waals surface area (Å²) < 4.78 is 39.6. The molecule has 3 aromatic rings. The third-order valence-corrected chi connectivity index (χ3v) is 3.48. The minimum atomic E-state index is -4.57. The molecule has 1 heterocycles. The molecular formula is C17H12ClF3N4. The largest absolute Gasteiger partial charge is 0.421 e. The van der Waals surface area contributed by atoms with E-state index in [1.165, 1.54) is 0 Å². The first-order valence-corrected chi connectivity index (χ1v) is 7.58. The molecule has 25 heavy (non-hydrogen) atoms. The van der Waals surface area contributed by atoms with Gasteiger partial charge < -0.3 is 10.6 Å². The van der Waals surface area contributed by atoms with Crippen molar-refractivity contribution in [1.82, 2.24) is 9.97 Å². The highest BCUT2D eigenvalue weighted by Crippen LogP contribution is 2.35. The Morgan fingerprint density at radius 3 is 2.12 bits per heavy atom.